The maximum absolute atomic E-state index is 13.0. The predicted octanol–water partition coefficient (Wildman–Crippen LogP) is 3.11. The number of halogens is 2. The van der Waals surface area contributed by atoms with Crippen molar-refractivity contribution in [2.75, 3.05) is 32.9 Å². The van der Waals surface area contributed by atoms with E-state index in [0.717, 1.165) is 12.1 Å². The molecule has 1 heterocycles. The molecule has 9 heteroatoms. The lowest BCUT2D eigenvalue weighted by Gasteiger charge is -2.23. The second-order valence-electron chi connectivity index (χ2n) is 6.17. The minimum absolute atomic E-state index is 0.0309. The molecule has 2 rings (SSSR count). The highest BCUT2D eigenvalue weighted by Gasteiger charge is 2.26. The molecule has 6 nitrogen and oxygen atoms in total. The van der Waals surface area contributed by atoms with E-state index in [9.17, 15) is 8.42 Å². The Morgan fingerprint density at radius 1 is 1.08 bits per heavy atom. The smallest absolute Gasteiger partial charge is 0.260 e. The lowest BCUT2D eigenvalue weighted by molar-refractivity contribution is 0.345. The average Bonchev–Trinajstić information content (AvgIpc) is 2.57. The van der Waals surface area contributed by atoms with Crippen molar-refractivity contribution in [3.05, 3.63) is 52.1 Å². The summed E-state index contributed by atoms with van der Waals surface area (Å²) < 4.78 is 27.4. The molecule has 0 fully saturated rings. The van der Waals surface area contributed by atoms with Crippen LogP contribution < -0.4 is 5.73 Å². The Morgan fingerprint density at radius 2 is 1.81 bits per heavy atom. The summed E-state index contributed by atoms with van der Waals surface area (Å²) in [5.41, 5.74) is 6.77. The number of nitrogens with two attached hydrogens (primary N) is 1. The molecule has 0 aliphatic carbocycles. The fraction of sp³-hybridized carbons (Fsp3) is 0.353. The van der Waals surface area contributed by atoms with E-state index in [4.69, 9.17) is 28.9 Å². The molecule has 0 aliphatic heterocycles. The van der Waals surface area contributed by atoms with Crippen LogP contribution in [0.4, 0.5) is 5.69 Å². The minimum atomic E-state index is -3.76. The molecule has 0 bridgehead atoms. The van der Waals surface area contributed by atoms with Crippen molar-refractivity contribution in [1.29, 1.82) is 0 Å². The van der Waals surface area contributed by atoms with Crippen molar-refractivity contribution >= 4 is 38.9 Å². The number of pyridine rings is 1. The van der Waals surface area contributed by atoms with Crippen LogP contribution in [-0.4, -0.2) is 49.8 Å². The number of hydrogen-bond donors (Lipinski definition) is 1. The van der Waals surface area contributed by atoms with Gasteiger partial charge in [0.15, 0.2) is 5.03 Å². The zero-order valence-corrected chi connectivity index (χ0v) is 17.0. The van der Waals surface area contributed by atoms with E-state index in [-0.39, 0.29) is 11.6 Å². The number of anilines is 1. The molecule has 1 aromatic heterocycles. The van der Waals surface area contributed by atoms with Gasteiger partial charge in [0, 0.05) is 13.1 Å². The van der Waals surface area contributed by atoms with Crippen LogP contribution in [0.1, 0.15) is 12.0 Å². The highest BCUT2D eigenvalue weighted by molar-refractivity contribution is 7.89. The van der Waals surface area contributed by atoms with Crippen molar-refractivity contribution in [2.45, 2.75) is 18.0 Å². The number of nitrogen functional groups attached to an aromatic ring is 1. The number of benzene rings is 1. The molecule has 0 aliphatic rings. The molecule has 0 radical (unpaired) electrons. The van der Waals surface area contributed by atoms with Crippen LogP contribution in [0.25, 0.3) is 0 Å². The van der Waals surface area contributed by atoms with E-state index in [2.05, 4.69) is 4.98 Å². The molecule has 0 spiro atoms. The van der Waals surface area contributed by atoms with Crippen LogP contribution in [0.2, 0.25) is 10.0 Å². The highest BCUT2D eigenvalue weighted by atomic mass is 35.5. The molecule has 0 saturated heterocycles. The Kier molecular flexibility index (Phi) is 7.25. The number of rotatable bonds is 8. The topological polar surface area (TPSA) is 79.5 Å². The third kappa shape index (κ3) is 5.56. The minimum Gasteiger partial charge on any atom is -0.397 e. The Labute approximate surface area is 164 Å². The first-order valence-corrected chi connectivity index (χ1v) is 10.2. The number of hydrogen-bond acceptors (Lipinski definition) is 5. The number of nitrogens with zero attached hydrogens (tertiary/aromatic N) is 3. The van der Waals surface area contributed by atoms with E-state index >= 15 is 0 Å². The molecule has 2 aromatic rings. The van der Waals surface area contributed by atoms with Gasteiger partial charge in [-0.2, -0.15) is 4.31 Å². The van der Waals surface area contributed by atoms with Crippen LogP contribution in [0.5, 0.6) is 0 Å². The second-order valence-corrected chi connectivity index (χ2v) is 8.87. The van der Waals surface area contributed by atoms with Crippen LogP contribution in [0, 0.1) is 0 Å². The second kappa shape index (κ2) is 9.01. The molecular formula is C17H22Cl2N4O2S. The van der Waals surface area contributed by atoms with Gasteiger partial charge in [0.25, 0.3) is 10.0 Å². The van der Waals surface area contributed by atoms with Gasteiger partial charge in [-0.3, -0.25) is 0 Å². The van der Waals surface area contributed by atoms with Gasteiger partial charge in [-0.1, -0.05) is 29.3 Å². The monoisotopic (exact) mass is 416 g/mol. The van der Waals surface area contributed by atoms with Gasteiger partial charge < -0.3 is 10.6 Å². The largest absolute Gasteiger partial charge is 0.397 e. The Bertz CT molecular complexity index is 842. The predicted molar refractivity (Wildman–Crippen MR) is 106 cm³/mol. The van der Waals surface area contributed by atoms with E-state index in [1.165, 1.54) is 22.6 Å². The zero-order chi connectivity index (χ0) is 19.3. The van der Waals surface area contributed by atoms with E-state index in [0.29, 0.717) is 28.7 Å². The summed E-state index contributed by atoms with van der Waals surface area (Å²) in [7, 11) is 0.123. The first kappa shape index (κ1) is 20.9. The quantitative estimate of drug-likeness (QED) is 0.714. The third-order valence-corrected chi connectivity index (χ3v) is 6.22. The van der Waals surface area contributed by atoms with Crippen molar-refractivity contribution in [3.8, 4) is 0 Å². The Balaban J connectivity index is 2.29. The first-order valence-electron chi connectivity index (χ1n) is 8.00. The molecule has 0 amide bonds. The lowest BCUT2D eigenvalue weighted by Crippen LogP contribution is -2.33. The normalized spacial score (nSPS) is 12.1. The fourth-order valence-corrected chi connectivity index (χ4v) is 4.07. The molecule has 0 unspecified atom stereocenters. The van der Waals surface area contributed by atoms with Crippen LogP contribution >= 0.6 is 23.2 Å². The zero-order valence-electron chi connectivity index (χ0n) is 14.7. The summed E-state index contributed by atoms with van der Waals surface area (Å²) in [6, 6.07) is 8.04. The standard InChI is InChI=1S/C17H22Cl2N4O2S/c1-22(2)8-3-9-23(12-13-4-6-15(18)16(19)10-13)26(24,25)17-7-5-14(20)11-21-17/h4-7,10-11H,3,8-9,12,20H2,1-2H3. The Hall–Kier alpha value is -1.38. The van der Waals surface area contributed by atoms with Crippen LogP contribution in [-0.2, 0) is 16.6 Å². The molecule has 0 atom stereocenters. The maximum atomic E-state index is 13.0. The van der Waals surface area contributed by atoms with Gasteiger partial charge in [0.2, 0.25) is 0 Å². The molecule has 1 aromatic carbocycles. The maximum Gasteiger partial charge on any atom is 0.260 e. The van der Waals surface area contributed by atoms with Crippen LogP contribution in [0.3, 0.4) is 0 Å². The van der Waals surface area contributed by atoms with E-state index < -0.39 is 10.0 Å². The molecular weight excluding hydrogens is 395 g/mol. The SMILES string of the molecule is CN(C)CCCN(Cc1ccc(Cl)c(Cl)c1)S(=O)(=O)c1ccc(N)cn1. The van der Waals surface area contributed by atoms with Gasteiger partial charge in [0.1, 0.15) is 0 Å². The fourth-order valence-electron chi connectivity index (χ4n) is 2.37. The first-order chi connectivity index (χ1) is 12.2. The van der Waals surface area contributed by atoms with Crippen molar-refractivity contribution in [1.82, 2.24) is 14.2 Å². The summed E-state index contributed by atoms with van der Waals surface area (Å²) in [5.74, 6) is 0. The van der Waals surface area contributed by atoms with Crippen molar-refractivity contribution in [3.63, 3.8) is 0 Å². The third-order valence-electron chi connectivity index (χ3n) is 3.72. The molecule has 142 valence electrons. The van der Waals surface area contributed by atoms with E-state index in [1.807, 2.05) is 19.0 Å². The van der Waals surface area contributed by atoms with E-state index in [1.54, 1.807) is 18.2 Å². The summed E-state index contributed by atoms with van der Waals surface area (Å²) in [4.78, 5) is 5.98. The van der Waals surface area contributed by atoms with Crippen molar-refractivity contribution in [2.24, 2.45) is 0 Å². The van der Waals surface area contributed by atoms with Gasteiger partial charge in [0.05, 0.1) is 21.9 Å². The average molecular weight is 417 g/mol. The summed E-state index contributed by atoms with van der Waals surface area (Å²) in [6.45, 7) is 1.30. The van der Waals surface area contributed by atoms with Gasteiger partial charge in [-0.15, -0.1) is 0 Å². The van der Waals surface area contributed by atoms with Crippen molar-refractivity contribution < 1.29 is 8.42 Å². The number of aromatic nitrogens is 1. The number of sulfonamides is 1. The summed E-state index contributed by atoms with van der Waals surface area (Å²) in [5, 5.41) is 0.787. The van der Waals surface area contributed by atoms with Crippen LogP contribution in [0.15, 0.2) is 41.6 Å². The van der Waals surface area contributed by atoms with Gasteiger partial charge in [-0.05, 0) is 56.9 Å². The molecule has 26 heavy (non-hydrogen) atoms. The lowest BCUT2D eigenvalue weighted by atomic mass is 10.2. The molecule has 2 N–H and O–H groups in total. The summed E-state index contributed by atoms with van der Waals surface area (Å²) in [6.07, 6.45) is 2.02. The van der Waals surface area contributed by atoms with Gasteiger partial charge in [-0.25, -0.2) is 13.4 Å². The molecule has 0 saturated carbocycles. The Morgan fingerprint density at radius 3 is 2.38 bits per heavy atom. The summed E-state index contributed by atoms with van der Waals surface area (Å²) >= 11 is 12.0. The van der Waals surface area contributed by atoms with Gasteiger partial charge >= 0.3 is 0 Å². The highest BCUT2D eigenvalue weighted by Crippen LogP contribution is 2.25.